The number of carbonyl (C=O) groups excluding carboxylic acids is 1. The number of rotatable bonds is 4. The predicted molar refractivity (Wildman–Crippen MR) is 103 cm³/mol. The second-order valence-corrected chi connectivity index (χ2v) is 7.96. The van der Waals surface area contributed by atoms with Crippen molar-refractivity contribution in [2.75, 3.05) is 13.1 Å². The zero-order valence-electron chi connectivity index (χ0n) is 16.1. The lowest BCUT2D eigenvalue weighted by molar-refractivity contribution is -0.134. The summed E-state index contributed by atoms with van der Waals surface area (Å²) in [6.07, 6.45) is 3.84. The van der Waals surface area contributed by atoms with Crippen molar-refractivity contribution in [3.05, 3.63) is 34.6 Å². The molecule has 0 aliphatic carbocycles. The number of hydrogen-bond donors (Lipinski definition) is 0. The number of fused-ring (bicyclic) bond motifs is 3. The summed E-state index contributed by atoms with van der Waals surface area (Å²) in [4.78, 5) is 27.3. The maximum Gasteiger partial charge on any atom is 0.291 e. The average molecular weight is 370 g/mol. The largest absolute Gasteiger partial charge is 0.463 e. The standard InChI is InChI=1S/C20H26N4O3/c1-13-9-14(2)12-22(11-13)19(25)5-4-7-23-20(26)17-10-18-16(6-8-27-18)24(17)15(3)21-23/h6,8,10,13-14H,4-5,7,9,11-12H2,1-3H3/t13-,14-/m0/s1. The van der Waals surface area contributed by atoms with Crippen LogP contribution in [0.1, 0.15) is 38.9 Å². The lowest BCUT2D eigenvalue weighted by Gasteiger charge is -2.35. The highest BCUT2D eigenvalue weighted by Gasteiger charge is 2.25. The molecule has 1 aliphatic rings. The second-order valence-electron chi connectivity index (χ2n) is 7.96. The van der Waals surface area contributed by atoms with Crippen LogP contribution in [0.4, 0.5) is 0 Å². The minimum absolute atomic E-state index is 0.153. The van der Waals surface area contributed by atoms with Gasteiger partial charge in [-0.2, -0.15) is 5.10 Å². The monoisotopic (exact) mass is 370 g/mol. The van der Waals surface area contributed by atoms with Crippen molar-refractivity contribution < 1.29 is 9.21 Å². The molecule has 0 aromatic carbocycles. The number of aryl methyl sites for hydroxylation is 2. The van der Waals surface area contributed by atoms with E-state index < -0.39 is 0 Å². The first kappa shape index (κ1) is 17.8. The topological polar surface area (TPSA) is 72.8 Å². The number of aromatic nitrogens is 3. The molecule has 0 radical (unpaired) electrons. The molecule has 7 heteroatoms. The molecule has 0 saturated carbocycles. The fourth-order valence-electron chi connectivity index (χ4n) is 4.38. The van der Waals surface area contributed by atoms with Gasteiger partial charge in [-0.15, -0.1) is 0 Å². The Balaban J connectivity index is 1.47. The summed E-state index contributed by atoms with van der Waals surface area (Å²) in [6.45, 7) is 8.40. The van der Waals surface area contributed by atoms with Gasteiger partial charge in [0.05, 0.1) is 11.8 Å². The summed E-state index contributed by atoms with van der Waals surface area (Å²) in [5, 5.41) is 4.44. The first-order valence-corrected chi connectivity index (χ1v) is 9.68. The van der Waals surface area contributed by atoms with E-state index in [0.717, 1.165) is 24.4 Å². The van der Waals surface area contributed by atoms with E-state index in [1.54, 1.807) is 12.3 Å². The third kappa shape index (κ3) is 3.26. The lowest BCUT2D eigenvalue weighted by atomic mass is 9.91. The van der Waals surface area contributed by atoms with Gasteiger partial charge in [-0.25, -0.2) is 4.68 Å². The van der Waals surface area contributed by atoms with Crippen molar-refractivity contribution in [3.8, 4) is 0 Å². The van der Waals surface area contributed by atoms with E-state index in [4.69, 9.17) is 4.42 Å². The van der Waals surface area contributed by atoms with E-state index in [9.17, 15) is 9.59 Å². The van der Waals surface area contributed by atoms with Crippen LogP contribution >= 0.6 is 0 Å². The minimum Gasteiger partial charge on any atom is -0.463 e. The van der Waals surface area contributed by atoms with Crippen molar-refractivity contribution in [3.63, 3.8) is 0 Å². The molecule has 3 aromatic heterocycles. The summed E-state index contributed by atoms with van der Waals surface area (Å²) in [6, 6.07) is 3.59. The Bertz CT molecular complexity index is 1030. The number of carbonyl (C=O) groups is 1. The van der Waals surface area contributed by atoms with Gasteiger partial charge in [0.2, 0.25) is 5.91 Å². The molecule has 4 rings (SSSR count). The van der Waals surface area contributed by atoms with Crippen LogP contribution in [0.3, 0.4) is 0 Å². The Labute approximate surface area is 157 Å². The smallest absolute Gasteiger partial charge is 0.291 e. The Hall–Kier alpha value is -2.57. The Morgan fingerprint density at radius 2 is 2.00 bits per heavy atom. The van der Waals surface area contributed by atoms with Crippen LogP contribution in [0, 0.1) is 18.8 Å². The Morgan fingerprint density at radius 1 is 1.26 bits per heavy atom. The van der Waals surface area contributed by atoms with E-state index >= 15 is 0 Å². The summed E-state index contributed by atoms with van der Waals surface area (Å²) in [5.74, 6) is 2.02. The third-order valence-electron chi connectivity index (χ3n) is 5.45. The van der Waals surface area contributed by atoms with Gasteiger partial charge in [-0.05, 0) is 31.6 Å². The first-order valence-electron chi connectivity index (χ1n) is 9.68. The molecule has 4 heterocycles. The van der Waals surface area contributed by atoms with Crippen LogP contribution in [0.25, 0.3) is 16.6 Å². The maximum absolute atomic E-state index is 12.8. The van der Waals surface area contributed by atoms with Crippen molar-refractivity contribution in [2.45, 2.75) is 46.6 Å². The number of furan rings is 1. The molecule has 27 heavy (non-hydrogen) atoms. The molecule has 144 valence electrons. The predicted octanol–water partition coefficient (Wildman–Crippen LogP) is 2.84. The highest BCUT2D eigenvalue weighted by molar-refractivity contribution is 5.82. The van der Waals surface area contributed by atoms with Gasteiger partial charge in [0.1, 0.15) is 11.3 Å². The van der Waals surface area contributed by atoms with Crippen LogP contribution in [-0.4, -0.2) is 38.1 Å². The number of amides is 1. The van der Waals surface area contributed by atoms with Gasteiger partial charge in [0.15, 0.2) is 5.58 Å². The molecule has 1 fully saturated rings. The molecule has 3 aromatic rings. The first-order chi connectivity index (χ1) is 12.9. The normalized spacial score (nSPS) is 20.6. The summed E-state index contributed by atoms with van der Waals surface area (Å²) < 4.78 is 8.69. The minimum atomic E-state index is -0.153. The second kappa shape index (κ2) is 6.87. The molecule has 0 bridgehead atoms. The molecule has 0 unspecified atom stereocenters. The summed E-state index contributed by atoms with van der Waals surface area (Å²) in [7, 11) is 0. The van der Waals surface area contributed by atoms with Gasteiger partial charge in [0.25, 0.3) is 5.56 Å². The van der Waals surface area contributed by atoms with Gasteiger partial charge in [-0.1, -0.05) is 13.8 Å². The van der Waals surface area contributed by atoms with E-state index in [1.165, 1.54) is 11.1 Å². The van der Waals surface area contributed by atoms with Crippen molar-refractivity contribution in [1.82, 2.24) is 19.1 Å². The Morgan fingerprint density at radius 3 is 2.74 bits per heavy atom. The van der Waals surface area contributed by atoms with E-state index in [0.29, 0.717) is 42.3 Å². The number of nitrogens with zero attached hydrogens (tertiary/aromatic N) is 4. The third-order valence-corrected chi connectivity index (χ3v) is 5.45. The van der Waals surface area contributed by atoms with Crippen LogP contribution in [0.5, 0.6) is 0 Å². The van der Waals surface area contributed by atoms with Crippen molar-refractivity contribution in [2.24, 2.45) is 11.8 Å². The molecule has 0 N–H and O–H groups in total. The van der Waals surface area contributed by atoms with Crippen LogP contribution in [0.2, 0.25) is 0 Å². The molecule has 2 atom stereocenters. The number of likely N-dealkylation sites (tertiary alicyclic amines) is 1. The van der Waals surface area contributed by atoms with Crippen LogP contribution < -0.4 is 5.56 Å². The summed E-state index contributed by atoms with van der Waals surface area (Å²) >= 11 is 0. The van der Waals surface area contributed by atoms with Gasteiger partial charge in [-0.3, -0.25) is 14.0 Å². The number of hydrogen-bond acceptors (Lipinski definition) is 4. The highest BCUT2D eigenvalue weighted by atomic mass is 16.3. The summed E-state index contributed by atoms with van der Waals surface area (Å²) in [5.41, 5.74) is 1.93. The molecule has 1 aliphatic heterocycles. The van der Waals surface area contributed by atoms with Crippen LogP contribution in [-0.2, 0) is 11.3 Å². The average Bonchev–Trinajstić information content (AvgIpc) is 3.19. The fourth-order valence-corrected chi connectivity index (χ4v) is 4.38. The van der Waals surface area contributed by atoms with Crippen LogP contribution in [0.15, 0.2) is 27.6 Å². The van der Waals surface area contributed by atoms with E-state index in [1.807, 2.05) is 22.3 Å². The SMILES string of the molecule is Cc1nn(CCCC(=O)N2C[C@@H](C)C[C@H](C)C2)c(=O)c2cc3occc3n12. The highest BCUT2D eigenvalue weighted by Crippen LogP contribution is 2.22. The zero-order chi connectivity index (χ0) is 19.1. The molecule has 0 spiro atoms. The molecule has 1 amide bonds. The van der Waals surface area contributed by atoms with Crippen molar-refractivity contribution in [1.29, 1.82) is 0 Å². The Kier molecular flexibility index (Phi) is 4.53. The van der Waals surface area contributed by atoms with Gasteiger partial charge < -0.3 is 9.32 Å². The fraction of sp³-hybridized carbons (Fsp3) is 0.550. The van der Waals surface area contributed by atoms with E-state index in [-0.39, 0.29) is 11.5 Å². The van der Waals surface area contributed by atoms with E-state index in [2.05, 4.69) is 18.9 Å². The molecule has 1 saturated heterocycles. The van der Waals surface area contributed by atoms with Gasteiger partial charge in [0, 0.05) is 38.2 Å². The quantitative estimate of drug-likeness (QED) is 0.708. The van der Waals surface area contributed by atoms with Gasteiger partial charge >= 0.3 is 0 Å². The molecular formula is C20H26N4O3. The zero-order valence-corrected chi connectivity index (χ0v) is 16.1. The molecule has 7 nitrogen and oxygen atoms in total. The lowest BCUT2D eigenvalue weighted by Crippen LogP contribution is -2.42. The number of piperidine rings is 1. The molecular weight excluding hydrogens is 344 g/mol. The maximum atomic E-state index is 12.8. The van der Waals surface area contributed by atoms with Crippen molar-refractivity contribution >= 4 is 22.5 Å².